The summed E-state index contributed by atoms with van der Waals surface area (Å²) < 4.78 is 47.6. The monoisotopic (exact) mass is 578 g/mol. The molecule has 2 aliphatic rings. The largest absolute Gasteiger partial charge is 0.406 e. The Morgan fingerprint density at radius 1 is 1.07 bits per heavy atom. The number of fused-ring (bicyclic) bond motifs is 1. The number of morpholine rings is 1. The topological polar surface area (TPSA) is 69.3 Å². The predicted molar refractivity (Wildman–Crippen MR) is 157 cm³/mol. The molecule has 0 unspecified atom stereocenters. The third kappa shape index (κ3) is 7.25. The predicted octanol–water partition coefficient (Wildman–Crippen LogP) is 5.16. The molecule has 222 valence electrons. The van der Waals surface area contributed by atoms with Crippen LogP contribution in [0.2, 0.25) is 0 Å². The lowest BCUT2D eigenvalue weighted by atomic mass is 9.91. The van der Waals surface area contributed by atoms with Crippen molar-refractivity contribution in [3.63, 3.8) is 0 Å². The van der Waals surface area contributed by atoms with Crippen molar-refractivity contribution in [3.8, 4) is 17.9 Å². The number of ether oxygens (including phenoxy) is 1. The summed E-state index contributed by atoms with van der Waals surface area (Å²) in [5.74, 6) is 5.95. The van der Waals surface area contributed by atoms with Crippen LogP contribution in [0.25, 0.3) is 10.9 Å². The van der Waals surface area contributed by atoms with E-state index in [-0.39, 0.29) is 6.54 Å². The highest BCUT2D eigenvalue weighted by Gasteiger charge is 2.30. The Balaban J connectivity index is 1.29. The van der Waals surface area contributed by atoms with Crippen molar-refractivity contribution in [2.75, 3.05) is 51.3 Å². The number of nitrogens with one attached hydrogen (secondary N) is 1. The fourth-order valence-electron chi connectivity index (χ4n) is 5.77. The zero-order valence-electron chi connectivity index (χ0n) is 24.2. The molecular weight excluding hydrogens is 541 g/mol. The molecule has 0 saturated carbocycles. The van der Waals surface area contributed by atoms with Crippen LogP contribution in [-0.2, 0) is 23.2 Å². The maximum atomic E-state index is 13.6. The summed E-state index contributed by atoms with van der Waals surface area (Å²) in [6, 6.07) is 13.8. The van der Waals surface area contributed by atoms with Crippen molar-refractivity contribution < 1.29 is 17.9 Å². The molecule has 0 spiro atoms. The minimum absolute atomic E-state index is 0.237. The fraction of sp³-hybridized carbons (Fsp3) is 0.500. The second-order valence-corrected chi connectivity index (χ2v) is 11.6. The van der Waals surface area contributed by atoms with Crippen LogP contribution in [0.15, 0.2) is 42.6 Å². The Labute approximate surface area is 245 Å². The molecule has 1 aromatic carbocycles. The quantitative estimate of drug-likeness (QED) is 0.391. The molecule has 0 amide bonds. The van der Waals surface area contributed by atoms with Crippen molar-refractivity contribution in [2.24, 2.45) is 0 Å². The van der Waals surface area contributed by atoms with Crippen LogP contribution in [0, 0.1) is 23.2 Å². The van der Waals surface area contributed by atoms with Gasteiger partial charge in [0.2, 0.25) is 0 Å². The molecule has 0 atom stereocenters. The number of benzene rings is 1. The number of alkyl halides is 3. The van der Waals surface area contributed by atoms with Gasteiger partial charge < -0.3 is 14.6 Å². The smallest absolute Gasteiger partial charge is 0.379 e. The Kier molecular flexibility index (Phi) is 9.08. The van der Waals surface area contributed by atoms with Gasteiger partial charge in [-0.15, -0.1) is 0 Å². The second kappa shape index (κ2) is 12.7. The van der Waals surface area contributed by atoms with Crippen LogP contribution in [0.4, 0.5) is 18.9 Å². The molecule has 3 aromatic rings. The summed E-state index contributed by atoms with van der Waals surface area (Å²) >= 11 is 0. The molecule has 7 nitrogen and oxygen atoms in total. The summed E-state index contributed by atoms with van der Waals surface area (Å²) in [6.45, 7) is 8.93. The van der Waals surface area contributed by atoms with E-state index in [0.717, 1.165) is 68.9 Å². The highest BCUT2D eigenvalue weighted by Crippen LogP contribution is 2.29. The number of anilines is 1. The highest BCUT2D eigenvalue weighted by molar-refractivity contribution is 5.86. The Bertz CT molecular complexity index is 1460. The van der Waals surface area contributed by atoms with Gasteiger partial charge in [-0.2, -0.15) is 18.4 Å². The van der Waals surface area contributed by atoms with Crippen LogP contribution in [0.1, 0.15) is 43.6 Å². The van der Waals surface area contributed by atoms with Gasteiger partial charge in [-0.25, -0.2) is 0 Å². The lowest BCUT2D eigenvalue weighted by Crippen LogP contribution is -2.48. The molecule has 2 aromatic heterocycles. The minimum atomic E-state index is -4.37. The van der Waals surface area contributed by atoms with Gasteiger partial charge in [0.1, 0.15) is 6.54 Å². The van der Waals surface area contributed by atoms with Crippen molar-refractivity contribution in [3.05, 3.63) is 59.5 Å². The zero-order chi connectivity index (χ0) is 29.7. The van der Waals surface area contributed by atoms with Gasteiger partial charge in [-0.1, -0.05) is 18.1 Å². The summed E-state index contributed by atoms with van der Waals surface area (Å²) in [5.41, 5.74) is 2.60. The van der Waals surface area contributed by atoms with Crippen LogP contribution in [0.3, 0.4) is 0 Å². The zero-order valence-corrected chi connectivity index (χ0v) is 24.2. The van der Waals surface area contributed by atoms with E-state index in [0.29, 0.717) is 29.5 Å². The molecule has 4 heterocycles. The number of aromatic nitrogens is 2. The molecule has 0 radical (unpaired) electrons. The van der Waals surface area contributed by atoms with Crippen molar-refractivity contribution in [2.45, 2.75) is 57.4 Å². The van der Waals surface area contributed by atoms with Crippen LogP contribution in [0.5, 0.6) is 0 Å². The van der Waals surface area contributed by atoms with Gasteiger partial charge in [0.15, 0.2) is 0 Å². The molecule has 42 heavy (non-hydrogen) atoms. The number of hydrogen-bond donors (Lipinski definition) is 1. The third-order valence-electron chi connectivity index (χ3n) is 8.17. The molecule has 2 fully saturated rings. The van der Waals surface area contributed by atoms with E-state index in [4.69, 9.17) is 4.74 Å². The van der Waals surface area contributed by atoms with Gasteiger partial charge in [-0.05, 0) is 75.5 Å². The maximum Gasteiger partial charge on any atom is 0.406 e. The van der Waals surface area contributed by atoms with Gasteiger partial charge in [0, 0.05) is 36.6 Å². The van der Waals surface area contributed by atoms with Crippen LogP contribution < -0.4 is 5.32 Å². The standard InChI is InChI=1S/C32H37F3N6O/c1-31(2,22-36)30-9-8-25(20-38-30)37-12-4-6-27-19-28-24(5-3-7-29(28)41(27)23-32(33,34)35)21-39-13-10-26(11-14-39)40-15-17-42-18-16-40/h3,5,7-9,19-20,26,37H,10-18,21,23H2,1-2H3. The Morgan fingerprint density at radius 3 is 2.50 bits per heavy atom. The summed E-state index contributed by atoms with van der Waals surface area (Å²) in [7, 11) is 0. The first-order valence-corrected chi connectivity index (χ1v) is 14.5. The van der Waals surface area contributed by atoms with E-state index < -0.39 is 18.1 Å². The van der Waals surface area contributed by atoms with E-state index in [1.807, 2.05) is 18.2 Å². The van der Waals surface area contributed by atoms with E-state index >= 15 is 0 Å². The van der Waals surface area contributed by atoms with E-state index in [1.54, 1.807) is 38.2 Å². The molecule has 2 aliphatic heterocycles. The average molecular weight is 579 g/mol. The first-order chi connectivity index (χ1) is 20.1. The summed E-state index contributed by atoms with van der Waals surface area (Å²) in [5, 5.41) is 13.2. The first-order valence-electron chi connectivity index (χ1n) is 14.5. The number of piperidine rings is 1. The normalized spacial score (nSPS) is 17.5. The van der Waals surface area contributed by atoms with Crippen molar-refractivity contribution in [1.82, 2.24) is 19.4 Å². The molecule has 1 N–H and O–H groups in total. The van der Waals surface area contributed by atoms with Gasteiger partial charge in [-0.3, -0.25) is 14.8 Å². The van der Waals surface area contributed by atoms with Gasteiger partial charge in [0.05, 0.1) is 54.5 Å². The molecule has 10 heteroatoms. The minimum Gasteiger partial charge on any atom is -0.379 e. The lowest BCUT2D eigenvalue weighted by Gasteiger charge is -2.40. The average Bonchev–Trinajstić information content (AvgIpc) is 3.33. The third-order valence-corrected chi connectivity index (χ3v) is 8.17. The molecule has 2 saturated heterocycles. The number of likely N-dealkylation sites (tertiary alicyclic amines) is 1. The molecule has 5 rings (SSSR count). The molecule has 0 bridgehead atoms. The maximum absolute atomic E-state index is 13.6. The van der Waals surface area contributed by atoms with Crippen molar-refractivity contribution >= 4 is 16.6 Å². The molecule has 0 aliphatic carbocycles. The highest BCUT2D eigenvalue weighted by atomic mass is 19.4. The first kappa shape index (κ1) is 29.9. The van der Waals surface area contributed by atoms with E-state index in [1.165, 1.54) is 4.57 Å². The SMILES string of the molecule is CC(C)(C#N)c1ccc(NCC#Cc2cc3c(CN4CCC(N5CCOCC5)CC4)cccc3n2CC(F)(F)F)cn1. The Morgan fingerprint density at radius 2 is 1.83 bits per heavy atom. The van der Waals surface area contributed by atoms with Crippen LogP contribution in [-0.4, -0.2) is 77.5 Å². The number of pyridine rings is 1. The number of halogens is 3. The molecular formula is C32H37F3N6O. The number of rotatable bonds is 7. The summed E-state index contributed by atoms with van der Waals surface area (Å²) in [6.07, 6.45) is -0.568. The van der Waals surface area contributed by atoms with Crippen LogP contribution >= 0.6 is 0 Å². The number of nitrogens with zero attached hydrogens (tertiary/aromatic N) is 5. The van der Waals surface area contributed by atoms with E-state index in [9.17, 15) is 18.4 Å². The van der Waals surface area contributed by atoms with Gasteiger partial charge in [0.25, 0.3) is 0 Å². The fourth-order valence-corrected chi connectivity index (χ4v) is 5.77. The number of nitriles is 1. The Hall–Kier alpha value is -3.57. The number of hydrogen-bond acceptors (Lipinski definition) is 6. The lowest BCUT2D eigenvalue weighted by molar-refractivity contribution is -0.140. The van der Waals surface area contributed by atoms with Crippen molar-refractivity contribution in [1.29, 1.82) is 5.26 Å². The van der Waals surface area contributed by atoms with E-state index in [2.05, 4.69) is 38.0 Å². The van der Waals surface area contributed by atoms with Gasteiger partial charge >= 0.3 is 6.18 Å². The second-order valence-electron chi connectivity index (χ2n) is 11.6. The summed E-state index contributed by atoms with van der Waals surface area (Å²) in [4.78, 5) is 9.28.